The lowest BCUT2D eigenvalue weighted by atomic mass is 9.90. The van der Waals surface area contributed by atoms with Gasteiger partial charge >= 0.3 is 0 Å². The first-order valence-electron chi connectivity index (χ1n) is 8.12. The lowest BCUT2D eigenvalue weighted by molar-refractivity contribution is 0.324. The van der Waals surface area contributed by atoms with Crippen molar-refractivity contribution in [1.82, 2.24) is 5.32 Å². The Morgan fingerprint density at radius 2 is 1.35 bits per heavy atom. The SMILES string of the molecule is CCCNC(CC1CCCC1)CC1CCCC1. The molecule has 0 atom stereocenters. The van der Waals surface area contributed by atoms with Crippen LogP contribution in [0.25, 0.3) is 0 Å². The maximum atomic E-state index is 3.82. The molecular formula is C16H31N. The van der Waals surface area contributed by atoms with Gasteiger partial charge in [0.1, 0.15) is 0 Å². The van der Waals surface area contributed by atoms with E-state index in [0.29, 0.717) is 0 Å². The molecule has 0 aromatic carbocycles. The summed E-state index contributed by atoms with van der Waals surface area (Å²) in [5, 5.41) is 3.82. The van der Waals surface area contributed by atoms with Gasteiger partial charge in [-0.3, -0.25) is 0 Å². The Kier molecular flexibility index (Phi) is 5.84. The fraction of sp³-hybridized carbons (Fsp3) is 1.00. The molecule has 100 valence electrons. The number of hydrogen-bond donors (Lipinski definition) is 1. The molecule has 0 aromatic heterocycles. The zero-order valence-corrected chi connectivity index (χ0v) is 11.7. The van der Waals surface area contributed by atoms with Gasteiger partial charge in [0.15, 0.2) is 0 Å². The van der Waals surface area contributed by atoms with Crippen molar-refractivity contribution < 1.29 is 0 Å². The molecule has 0 bridgehead atoms. The summed E-state index contributed by atoms with van der Waals surface area (Å²) >= 11 is 0. The molecule has 0 amide bonds. The van der Waals surface area contributed by atoms with Crippen molar-refractivity contribution in [2.75, 3.05) is 6.54 Å². The first kappa shape index (κ1) is 13.4. The summed E-state index contributed by atoms with van der Waals surface area (Å²) in [6.45, 7) is 3.51. The van der Waals surface area contributed by atoms with E-state index in [2.05, 4.69) is 12.2 Å². The lowest BCUT2D eigenvalue weighted by Gasteiger charge is -2.24. The van der Waals surface area contributed by atoms with E-state index < -0.39 is 0 Å². The molecule has 1 nitrogen and oxygen atoms in total. The first-order chi connectivity index (χ1) is 8.38. The van der Waals surface area contributed by atoms with E-state index in [1.54, 1.807) is 0 Å². The van der Waals surface area contributed by atoms with Gasteiger partial charge in [0.05, 0.1) is 0 Å². The summed E-state index contributed by atoms with van der Waals surface area (Å²) in [5.74, 6) is 2.09. The van der Waals surface area contributed by atoms with Crippen LogP contribution in [0.3, 0.4) is 0 Å². The van der Waals surface area contributed by atoms with Crippen molar-refractivity contribution >= 4 is 0 Å². The summed E-state index contributed by atoms with van der Waals surface area (Å²) in [5.41, 5.74) is 0. The average Bonchev–Trinajstić information content (AvgIpc) is 2.99. The topological polar surface area (TPSA) is 12.0 Å². The highest BCUT2D eigenvalue weighted by molar-refractivity contribution is 4.80. The van der Waals surface area contributed by atoms with Gasteiger partial charge in [-0.05, 0) is 37.6 Å². The van der Waals surface area contributed by atoms with E-state index in [9.17, 15) is 0 Å². The van der Waals surface area contributed by atoms with Crippen molar-refractivity contribution in [1.29, 1.82) is 0 Å². The highest BCUT2D eigenvalue weighted by Crippen LogP contribution is 2.33. The first-order valence-corrected chi connectivity index (χ1v) is 8.12. The molecule has 0 aliphatic heterocycles. The van der Waals surface area contributed by atoms with Crippen molar-refractivity contribution in [3.05, 3.63) is 0 Å². The monoisotopic (exact) mass is 237 g/mol. The Morgan fingerprint density at radius 1 is 0.882 bits per heavy atom. The second-order valence-electron chi connectivity index (χ2n) is 6.42. The minimum atomic E-state index is 0.834. The summed E-state index contributed by atoms with van der Waals surface area (Å²) in [7, 11) is 0. The Hall–Kier alpha value is -0.0400. The van der Waals surface area contributed by atoms with Crippen LogP contribution in [0.15, 0.2) is 0 Å². The average molecular weight is 237 g/mol. The van der Waals surface area contributed by atoms with Crippen LogP contribution >= 0.6 is 0 Å². The molecule has 2 rings (SSSR count). The zero-order chi connectivity index (χ0) is 11.9. The van der Waals surface area contributed by atoms with E-state index in [0.717, 1.165) is 17.9 Å². The molecule has 2 saturated carbocycles. The molecule has 2 fully saturated rings. The van der Waals surface area contributed by atoms with Gasteiger partial charge in [-0.2, -0.15) is 0 Å². The van der Waals surface area contributed by atoms with Crippen LogP contribution in [0, 0.1) is 11.8 Å². The fourth-order valence-corrected chi connectivity index (χ4v) is 3.91. The van der Waals surface area contributed by atoms with Crippen LogP contribution in [0.4, 0.5) is 0 Å². The van der Waals surface area contributed by atoms with E-state index in [-0.39, 0.29) is 0 Å². The predicted octanol–water partition coefficient (Wildman–Crippen LogP) is 4.52. The maximum absolute atomic E-state index is 3.82. The van der Waals surface area contributed by atoms with Crippen molar-refractivity contribution in [2.24, 2.45) is 11.8 Å². The van der Waals surface area contributed by atoms with Crippen LogP contribution in [0.5, 0.6) is 0 Å². The van der Waals surface area contributed by atoms with Crippen molar-refractivity contribution in [3.63, 3.8) is 0 Å². The van der Waals surface area contributed by atoms with Crippen molar-refractivity contribution in [3.8, 4) is 0 Å². The number of rotatable bonds is 7. The van der Waals surface area contributed by atoms with Crippen LogP contribution < -0.4 is 5.32 Å². The predicted molar refractivity (Wildman–Crippen MR) is 75.2 cm³/mol. The van der Waals surface area contributed by atoms with Gasteiger partial charge in [-0.15, -0.1) is 0 Å². The summed E-state index contributed by atoms with van der Waals surface area (Å²) in [6.07, 6.45) is 16.2. The van der Waals surface area contributed by atoms with Crippen LogP contribution in [-0.4, -0.2) is 12.6 Å². The van der Waals surface area contributed by atoms with Gasteiger partial charge < -0.3 is 5.32 Å². The van der Waals surface area contributed by atoms with E-state index in [4.69, 9.17) is 0 Å². The maximum Gasteiger partial charge on any atom is 0.00723 e. The van der Waals surface area contributed by atoms with Crippen LogP contribution in [0.2, 0.25) is 0 Å². The Labute approximate surface area is 108 Å². The lowest BCUT2D eigenvalue weighted by Crippen LogP contribution is -2.33. The smallest absolute Gasteiger partial charge is 0.00723 e. The molecule has 1 heteroatoms. The highest BCUT2D eigenvalue weighted by Gasteiger charge is 2.24. The number of hydrogen-bond acceptors (Lipinski definition) is 1. The number of nitrogens with one attached hydrogen (secondary N) is 1. The molecule has 2 aliphatic carbocycles. The van der Waals surface area contributed by atoms with E-state index in [1.165, 1.54) is 77.2 Å². The molecule has 0 spiro atoms. The largest absolute Gasteiger partial charge is 0.314 e. The Bertz CT molecular complexity index is 172. The second-order valence-corrected chi connectivity index (χ2v) is 6.42. The van der Waals surface area contributed by atoms with Crippen LogP contribution in [0.1, 0.15) is 77.6 Å². The third kappa shape index (κ3) is 4.62. The molecule has 0 aromatic rings. The van der Waals surface area contributed by atoms with Gasteiger partial charge in [0.25, 0.3) is 0 Å². The molecule has 2 aliphatic rings. The molecule has 1 N–H and O–H groups in total. The highest BCUT2D eigenvalue weighted by atomic mass is 14.9. The molecule has 0 heterocycles. The van der Waals surface area contributed by atoms with E-state index in [1.807, 2.05) is 0 Å². The minimum absolute atomic E-state index is 0.834. The molecule has 17 heavy (non-hydrogen) atoms. The summed E-state index contributed by atoms with van der Waals surface area (Å²) < 4.78 is 0. The summed E-state index contributed by atoms with van der Waals surface area (Å²) in [4.78, 5) is 0. The third-order valence-corrected chi connectivity index (χ3v) is 4.87. The Balaban J connectivity index is 1.74. The minimum Gasteiger partial charge on any atom is -0.314 e. The van der Waals surface area contributed by atoms with Gasteiger partial charge in [0.2, 0.25) is 0 Å². The van der Waals surface area contributed by atoms with Crippen molar-refractivity contribution in [2.45, 2.75) is 83.6 Å². The molecule has 0 saturated heterocycles. The zero-order valence-electron chi connectivity index (χ0n) is 11.7. The van der Waals surface area contributed by atoms with Gasteiger partial charge in [-0.1, -0.05) is 58.3 Å². The standard InChI is InChI=1S/C16H31N/c1-2-11-17-16(12-14-7-3-4-8-14)13-15-9-5-6-10-15/h14-17H,2-13H2,1H3. The Morgan fingerprint density at radius 3 is 1.76 bits per heavy atom. The molecular weight excluding hydrogens is 206 g/mol. The van der Waals surface area contributed by atoms with Gasteiger partial charge in [-0.25, -0.2) is 0 Å². The van der Waals surface area contributed by atoms with E-state index >= 15 is 0 Å². The molecule has 0 radical (unpaired) electrons. The third-order valence-electron chi connectivity index (χ3n) is 4.87. The normalized spacial score (nSPS) is 22.9. The quantitative estimate of drug-likeness (QED) is 0.686. The fourth-order valence-electron chi connectivity index (χ4n) is 3.91. The molecule has 0 unspecified atom stereocenters. The van der Waals surface area contributed by atoms with Gasteiger partial charge in [0, 0.05) is 6.04 Å². The second kappa shape index (κ2) is 7.41. The summed E-state index contributed by atoms with van der Waals surface area (Å²) in [6, 6.07) is 0.834. The van der Waals surface area contributed by atoms with Crippen LogP contribution in [-0.2, 0) is 0 Å².